The summed E-state index contributed by atoms with van der Waals surface area (Å²) in [6.07, 6.45) is 4.27. The number of fused-ring (bicyclic) bond motifs is 2. The van der Waals surface area contributed by atoms with E-state index in [9.17, 15) is 0 Å². The van der Waals surface area contributed by atoms with Crippen molar-refractivity contribution in [2.75, 3.05) is 11.9 Å². The van der Waals surface area contributed by atoms with Crippen molar-refractivity contribution in [1.82, 2.24) is 9.97 Å². The van der Waals surface area contributed by atoms with Gasteiger partial charge in [-0.05, 0) is 55.7 Å². The Bertz CT molecular complexity index is 466. The average molecular weight is 359 g/mol. The molecule has 0 amide bonds. The summed E-state index contributed by atoms with van der Waals surface area (Å²) >= 11 is 2.31. The van der Waals surface area contributed by atoms with Gasteiger partial charge in [0.25, 0.3) is 0 Å². The number of aryl methyl sites for hydroxylation is 1. The molecule has 0 aromatic carbocycles. The largest absolute Gasteiger partial charge is 0.374 e. The summed E-state index contributed by atoms with van der Waals surface area (Å²) < 4.78 is 7.03. The molecule has 1 aromatic rings. The summed E-state index contributed by atoms with van der Waals surface area (Å²) in [5.41, 5.74) is 1.07. The number of nitrogens with one attached hydrogen (secondary N) is 1. The molecule has 3 unspecified atom stereocenters. The molecule has 1 aromatic heterocycles. The highest BCUT2D eigenvalue weighted by molar-refractivity contribution is 14.1. The van der Waals surface area contributed by atoms with Crippen LogP contribution in [0.2, 0.25) is 0 Å². The lowest BCUT2D eigenvalue weighted by Crippen LogP contribution is -2.19. The summed E-state index contributed by atoms with van der Waals surface area (Å²) in [6, 6.07) is 0. The van der Waals surface area contributed by atoms with Gasteiger partial charge in [-0.2, -0.15) is 0 Å². The van der Waals surface area contributed by atoms with Crippen LogP contribution in [0.5, 0.6) is 0 Å². The van der Waals surface area contributed by atoms with Gasteiger partial charge in [0.2, 0.25) is 0 Å². The van der Waals surface area contributed by atoms with Gasteiger partial charge in [0.1, 0.15) is 11.6 Å². The fourth-order valence-corrected chi connectivity index (χ4v) is 3.37. The van der Waals surface area contributed by atoms with E-state index >= 15 is 0 Å². The van der Waals surface area contributed by atoms with Crippen LogP contribution >= 0.6 is 22.6 Å². The van der Waals surface area contributed by atoms with Crippen LogP contribution in [0.15, 0.2) is 0 Å². The van der Waals surface area contributed by atoms with E-state index in [0.29, 0.717) is 18.1 Å². The minimum atomic E-state index is 0.351. The highest BCUT2D eigenvalue weighted by Crippen LogP contribution is 2.43. The van der Waals surface area contributed by atoms with Crippen molar-refractivity contribution in [3.8, 4) is 0 Å². The maximum absolute atomic E-state index is 5.91. The summed E-state index contributed by atoms with van der Waals surface area (Å²) in [5, 5.41) is 3.33. The predicted molar refractivity (Wildman–Crippen MR) is 78.9 cm³/mol. The van der Waals surface area contributed by atoms with Gasteiger partial charge >= 0.3 is 0 Å². The molecule has 5 heteroatoms. The molecule has 3 atom stereocenters. The number of hydrogen-bond acceptors (Lipinski definition) is 4. The fraction of sp³-hybridized carbons (Fsp3) is 0.692. The Balaban J connectivity index is 1.92. The van der Waals surface area contributed by atoms with Gasteiger partial charge in [0.05, 0.1) is 21.5 Å². The van der Waals surface area contributed by atoms with Crippen LogP contribution in [0, 0.1) is 10.5 Å². The second-order valence-electron chi connectivity index (χ2n) is 5.08. The molecule has 18 heavy (non-hydrogen) atoms. The molecule has 3 rings (SSSR count). The zero-order chi connectivity index (χ0) is 12.7. The molecule has 2 aliphatic rings. The van der Waals surface area contributed by atoms with Gasteiger partial charge in [-0.1, -0.05) is 0 Å². The molecule has 98 valence electrons. The first-order valence-corrected chi connectivity index (χ1v) is 7.70. The molecule has 0 spiro atoms. The van der Waals surface area contributed by atoms with Crippen molar-refractivity contribution in [2.45, 2.75) is 51.2 Å². The van der Waals surface area contributed by atoms with Gasteiger partial charge < -0.3 is 10.1 Å². The van der Waals surface area contributed by atoms with Crippen molar-refractivity contribution < 1.29 is 4.74 Å². The van der Waals surface area contributed by atoms with Gasteiger partial charge in [0, 0.05) is 12.5 Å². The van der Waals surface area contributed by atoms with Crippen LogP contribution in [0.1, 0.15) is 43.6 Å². The topological polar surface area (TPSA) is 47.0 Å². The molecule has 4 nitrogen and oxygen atoms in total. The van der Waals surface area contributed by atoms with E-state index in [1.54, 1.807) is 0 Å². The van der Waals surface area contributed by atoms with Crippen LogP contribution in [-0.2, 0) is 4.74 Å². The van der Waals surface area contributed by atoms with E-state index in [-0.39, 0.29) is 0 Å². The zero-order valence-corrected chi connectivity index (χ0v) is 12.9. The smallest absolute Gasteiger partial charge is 0.143 e. The second-order valence-corrected chi connectivity index (χ2v) is 6.15. The molecule has 0 radical (unpaired) electrons. The highest BCUT2D eigenvalue weighted by Gasteiger charge is 2.43. The van der Waals surface area contributed by atoms with E-state index in [2.05, 4.69) is 46.7 Å². The lowest BCUT2D eigenvalue weighted by molar-refractivity contribution is 0.0998. The summed E-state index contributed by atoms with van der Waals surface area (Å²) in [6.45, 7) is 5.04. The number of hydrogen-bond donors (Lipinski definition) is 1. The Morgan fingerprint density at radius 3 is 2.83 bits per heavy atom. The third-order valence-corrected chi connectivity index (χ3v) is 5.11. The maximum atomic E-state index is 5.91. The van der Waals surface area contributed by atoms with E-state index in [1.807, 2.05) is 0 Å². The Morgan fingerprint density at radius 1 is 1.39 bits per heavy atom. The average Bonchev–Trinajstić information content (AvgIpc) is 2.97. The number of anilines is 1. The minimum Gasteiger partial charge on any atom is -0.374 e. The highest BCUT2D eigenvalue weighted by atomic mass is 127. The van der Waals surface area contributed by atoms with Crippen LogP contribution in [-0.4, -0.2) is 28.7 Å². The van der Waals surface area contributed by atoms with E-state index in [0.717, 1.165) is 33.9 Å². The van der Waals surface area contributed by atoms with Crippen molar-refractivity contribution in [1.29, 1.82) is 0 Å². The van der Waals surface area contributed by atoms with Gasteiger partial charge in [-0.3, -0.25) is 0 Å². The van der Waals surface area contributed by atoms with Gasteiger partial charge in [0.15, 0.2) is 0 Å². The van der Waals surface area contributed by atoms with Crippen molar-refractivity contribution in [3.63, 3.8) is 0 Å². The minimum absolute atomic E-state index is 0.351. The fourth-order valence-electron chi connectivity index (χ4n) is 2.94. The Morgan fingerprint density at radius 2 is 2.22 bits per heavy atom. The molecular weight excluding hydrogens is 341 g/mol. The molecule has 0 aliphatic carbocycles. The Labute approximate surface area is 121 Å². The first-order chi connectivity index (χ1) is 8.69. The molecule has 2 fully saturated rings. The lowest BCUT2D eigenvalue weighted by atomic mass is 9.88. The van der Waals surface area contributed by atoms with E-state index < -0.39 is 0 Å². The lowest BCUT2D eigenvalue weighted by Gasteiger charge is -2.19. The summed E-state index contributed by atoms with van der Waals surface area (Å²) in [5.74, 6) is 2.34. The number of nitrogens with zero attached hydrogens (tertiary/aromatic N) is 2. The number of aromatic nitrogens is 2. The Kier molecular flexibility index (Phi) is 3.44. The SMILES string of the molecule is CCNc1nc(C2CC3CCC2O3)nc(C)c1I. The third kappa shape index (κ3) is 2.11. The van der Waals surface area contributed by atoms with Crippen LogP contribution < -0.4 is 5.32 Å². The number of ether oxygens (including phenoxy) is 1. The monoisotopic (exact) mass is 359 g/mol. The van der Waals surface area contributed by atoms with Crippen molar-refractivity contribution in [2.24, 2.45) is 0 Å². The standard InChI is InChI=1S/C13H18IN3O/c1-3-15-13-11(14)7(2)16-12(17-13)9-6-8-4-5-10(9)18-8/h8-10H,3-6H2,1-2H3,(H,15,16,17). The number of halogens is 1. The molecule has 2 aliphatic heterocycles. The van der Waals surface area contributed by atoms with E-state index in [4.69, 9.17) is 9.72 Å². The molecular formula is C13H18IN3O. The predicted octanol–water partition coefficient (Wildman–Crippen LogP) is 2.86. The van der Waals surface area contributed by atoms with Crippen LogP contribution in [0.4, 0.5) is 5.82 Å². The summed E-state index contributed by atoms with van der Waals surface area (Å²) in [4.78, 5) is 9.39. The quantitative estimate of drug-likeness (QED) is 0.844. The van der Waals surface area contributed by atoms with Crippen molar-refractivity contribution in [3.05, 3.63) is 15.1 Å². The van der Waals surface area contributed by atoms with Gasteiger partial charge in [-0.15, -0.1) is 0 Å². The van der Waals surface area contributed by atoms with E-state index in [1.165, 1.54) is 12.8 Å². The third-order valence-electron chi connectivity index (χ3n) is 3.82. The zero-order valence-electron chi connectivity index (χ0n) is 10.7. The first kappa shape index (κ1) is 12.6. The van der Waals surface area contributed by atoms with Crippen molar-refractivity contribution >= 4 is 28.4 Å². The van der Waals surface area contributed by atoms with Crippen LogP contribution in [0.25, 0.3) is 0 Å². The maximum Gasteiger partial charge on any atom is 0.143 e. The molecule has 2 bridgehead atoms. The first-order valence-electron chi connectivity index (χ1n) is 6.62. The van der Waals surface area contributed by atoms with Crippen LogP contribution in [0.3, 0.4) is 0 Å². The normalized spacial score (nSPS) is 29.8. The molecule has 1 N–H and O–H groups in total. The number of rotatable bonds is 3. The molecule has 2 saturated heterocycles. The second kappa shape index (κ2) is 4.92. The summed E-state index contributed by atoms with van der Waals surface area (Å²) in [7, 11) is 0. The van der Waals surface area contributed by atoms with Gasteiger partial charge in [-0.25, -0.2) is 9.97 Å². The molecule has 0 saturated carbocycles. The molecule has 3 heterocycles. The Hall–Kier alpha value is -0.430.